The quantitative estimate of drug-likeness (QED) is 0.383. The van der Waals surface area contributed by atoms with Crippen LogP contribution in [-0.2, 0) is 26.0 Å². The van der Waals surface area contributed by atoms with E-state index < -0.39 is 27.1 Å². The Labute approximate surface area is 185 Å². The van der Waals surface area contributed by atoms with Gasteiger partial charge in [0.05, 0.1) is 0 Å². The third kappa shape index (κ3) is 5.56. The minimum absolute atomic E-state index is 0. The van der Waals surface area contributed by atoms with E-state index in [0.717, 1.165) is 12.8 Å². The normalized spacial score (nSPS) is 11.9. The molecule has 0 saturated carbocycles. The maximum Gasteiger partial charge on any atom is -1.00 e. The SMILES string of the molecule is CCCCCC(=O)[NH][Zr+2]([CH]1c2ccccc2-c2ccccc21)[SiH](C)C.[Cl-].[Cl-]. The van der Waals surface area contributed by atoms with Gasteiger partial charge in [-0.1, -0.05) is 0 Å². The molecule has 1 aliphatic rings. The number of nitrogens with one attached hydrogen (secondary N) is 1. The van der Waals surface area contributed by atoms with E-state index in [1.54, 1.807) is 0 Å². The minimum atomic E-state index is -2.10. The summed E-state index contributed by atoms with van der Waals surface area (Å²) < 4.78 is 4.12. The standard InChI is InChI=1S/C13H9.C6H13NO.C2H7Si.2ClH.Zr/c1-3-7-12-10(5-1)9-11-6-2-4-8-13(11)12;1-2-3-4-5-6(7)8;1-3-2;;;/h1-9H;2-5H2,1H3,(H2,7,8);3H,1-2H3;2*1H;/q;;;;;+3/p-3. The van der Waals surface area contributed by atoms with Crippen molar-refractivity contribution in [2.24, 2.45) is 0 Å². The number of unbranched alkanes of at least 4 members (excludes halogenated alkanes) is 2. The van der Waals surface area contributed by atoms with Gasteiger partial charge in [-0.3, -0.25) is 0 Å². The Morgan fingerprint density at radius 3 is 1.96 bits per heavy atom. The average molecular weight is 501 g/mol. The van der Waals surface area contributed by atoms with Gasteiger partial charge in [-0.15, -0.1) is 0 Å². The first kappa shape index (κ1) is 24.6. The van der Waals surface area contributed by atoms with Crippen molar-refractivity contribution < 1.29 is 50.8 Å². The summed E-state index contributed by atoms with van der Waals surface area (Å²) in [7, 11) is 0. The molecule has 0 heterocycles. The van der Waals surface area contributed by atoms with Gasteiger partial charge in [0.2, 0.25) is 0 Å². The molecule has 27 heavy (non-hydrogen) atoms. The molecule has 2 aromatic carbocycles. The van der Waals surface area contributed by atoms with Crippen LogP contribution in [0.25, 0.3) is 11.1 Å². The summed E-state index contributed by atoms with van der Waals surface area (Å²) in [6.45, 7) is 7.06. The van der Waals surface area contributed by atoms with Crippen molar-refractivity contribution in [3.05, 3.63) is 59.7 Å². The molecule has 0 atom stereocenters. The number of benzene rings is 2. The van der Waals surface area contributed by atoms with Gasteiger partial charge in [-0.05, 0) is 0 Å². The van der Waals surface area contributed by atoms with Gasteiger partial charge in [0.25, 0.3) is 0 Å². The van der Waals surface area contributed by atoms with Gasteiger partial charge in [-0.2, -0.15) is 0 Å². The zero-order valence-corrected chi connectivity index (χ0v) is 21.4. The van der Waals surface area contributed by atoms with Crippen molar-refractivity contribution in [2.75, 3.05) is 0 Å². The second-order valence-corrected chi connectivity index (χ2v) is 26.0. The molecular weight excluding hydrogens is 472 g/mol. The predicted molar refractivity (Wildman–Crippen MR) is 105 cm³/mol. The molecule has 6 heteroatoms. The monoisotopic (exact) mass is 498 g/mol. The summed E-state index contributed by atoms with van der Waals surface area (Å²) >= 11 is -2.10. The first-order valence-electron chi connectivity index (χ1n) is 9.48. The van der Waals surface area contributed by atoms with Crippen LogP contribution in [-0.4, -0.2) is 11.8 Å². The fourth-order valence-corrected chi connectivity index (χ4v) is 19.2. The topological polar surface area (TPSA) is 29.1 Å². The number of amides is 1. The van der Waals surface area contributed by atoms with E-state index in [4.69, 9.17) is 0 Å². The summed E-state index contributed by atoms with van der Waals surface area (Å²) in [6, 6.07) is 17.7. The molecule has 145 valence electrons. The fourth-order valence-electron chi connectivity index (χ4n) is 3.80. The second kappa shape index (κ2) is 11.6. The molecule has 0 radical (unpaired) electrons. The van der Waals surface area contributed by atoms with E-state index in [-0.39, 0.29) is 24.8 Å². The van der Waals surface area contributed by atoms with Crippen molar-refractivity contribution >= 4 is 11.8 Å². The molecule has 0 aliphatic heterocycles. The number of carbonyl (C=O) groups excluding carboxylic acids is 1. The molecule has 0 bridgehead atoms. The Morgan fingerprint density at radius 1 is 0.963 bits per heavy atom. The Kier molecular flexibility index (Phi) is 10.5. The first-order valence-corrected chi connectivity index (χ1v) is 19.3. The zero-order valence-electron chi connectivity index (χ0n) is 16.3. The van der Waals surface area contributed by atoms with Crippen LogP contribution in [0.15, 0.2) is 48.5 Å². The van der Waals surface area contributed by atoms with E-state index in [1.165, 1.54) is 28.7 Å². The third-order valence-electron chi connectivity index (χ3n) is 5.06. The maximum absolute atomic E-state index is 12.6. The Balaban J connectivity index is 0.00000182. The van der Waals surface area contributed by atoms with Crippen LogP contribution in [0.5, 0.6) is 0 Å². The largest absolute Gasteiger partial charge is 1.00 e. The molecule has 1 N–H and O–H groups in total. The van der Waals surface area contributed by atoms with Gasteiger partial charge in [0.1, 0.15) is 0 Å². The van der Waals surface area contributed by atoms with Crippen molar-refractivity contribution in [3.8, 4) is 11.1 Å². The van der Waals surface area contributed by atoms with Crippen LogP contribution in [0.4, 0.5) is 0 Å². The molecule has 1 amide bonds. The summed E-state index contributed by atoms with van der Waals surface area (Å²) in [5.74, 6) is -0.578. The van der Waals surface area contributed by atoms with Crippen molar-refractivity contribution in [1.82, 2.24) is 3.26 Å². The van der Waals surface area contributed by atoms with Gasteiger partial charge in [0.15, 0.2) is 0 Å². The number of carbonyl (C=O) groups is 1. The molecule has 0 aromatic heterocycles. The van der Waals surface area contributed by atoms with Crippen LogP contribution < -0.4 is 28.1 Å². The molecule has 0 spiro atoms. The van der Waals surface area contributed by atoms with Crippen LogP contribution in [0.2, 0.25) is 13.1 Å². The summed E-state index contributed by atoms with van der Waals surface area (Å²) in [4.78, 5) is 12.6. The van der Waals surface area contributed by atoms with Crippen molar-refractivity contribution in [2.45, 2.75) is 49.3 Å². The number of halogens is 2. The fraction of sp³-hybridized carbons (Fsp3) is 0.381. The van der Waals surface area contributed by atoms with Crippen molar-refractivity contribution in [1.29, 1.82) is 0 Å². The Bertz CT molecular complexity index is 711. The number of rotatable bonds is 7. The number of fused-ring (bicyclic) bond motifs is 3. The molecular formula is C21H28Cl2NOSiZr. The van der Waals surface area contributed by atoms with E-state index in [1.807, 2.05) is 0 Å². The van der Waals surface area contributed by atoms with E-state index in [0.29, 0.717) is 16.0 Å². The maximum atomic E-state index is 12.6. The molecule has 3 rings (SSSR count). The van der Waals surface area contributed by atoms with Crippen LogP contribution >= 0.6 is 0 Å². The Morgan fingerprint density at radius 2 is 1.48 bits per heavy atom. The smallest absolute Gasteiger partial charge is 1.00 e. The molecule has 0 fully saturated rings. The summed E-state index contributed by atoms with van der Waals surface area (Å²) in [5.41, 5.74) is 5.70. The molecule has 0 unspecified atom stereocenters. The van der Waals surface area contributed by atoms with Gasteiger partial charge in [-0.25, -0.2) is 0 Å². The second-order valence-electron chi connectivity index (χ2n) is 7.22. The van der Waals surface area contributed by atoms with Gasteiger partial charge >= 0.3 is 161 Å². The molecule has 0 saturated heterocycles. The molecule has 2 aromatic rings. The van der Waals surface area contributed by atoms with Crippen LogP contribution in [0, 0.1) is 0 Å². The molecule has 1 aliphatic carbocycles. The zero-order chi connectivity index (χ0) is 17.8. The van der Waals surface area contributed by atoms with Gasteiger partial charge < -0.3 is 24.8 Å². The predicted octanol–water partition coefficient (Wildman–Crippen LogP) is -1.02. The number of hydrogen-bond acceptors (Lipinski definition) is 1. The van der Waals surface area contributed by atoms with Crippen molar-refractivity contribution in [3.63, 3.8) is 0 Å². The number of hydrogen-bond donors (Lipinski definition) is 1. The van der Waals surface area contributed by atoms with Gasteiger partial charge in [0, 0.05) is 0 Å². The third-order valence-corrected chi connectivity index (χ3v) is 22.8. The first-order chi connectivity index (χ1) is 12.1. The summed E-state index contributed by atoms with van der Waals surface area (Å²) in [5, 5.41) is 0. The van der Waals surface area contributed by atoms with E-state index in [9.17, 15) is 4.79 Å². The van der Waals surface area contributed by atoms with E-state index in [2.05, 4.69) is 71.8 Å². The van der Waals surface area contributed by atoms with E-state index >= 15 is 0 Å². The average Bonchev–Trinajstić information content (AvgIpc) is 2.94. The van der Waals surface area contributed by atoms with Crippen LogP contribution in [0.1, 0.15) is 47.4 Å². The minimum Gasteiger partial charge on any atom is -1.00 e. The van der Waals surface area contributed by atoms with Crippen LogP contribution in [0.3, 0.4) is 0 Å². The molecule has 2 nitrogen and oxygen atoms in total. The Hall–Kier alpha value is -0.410. The summed E-state index contributed by atoms with van der Waals surface area (Å²) in [6.07, 6.45) is 4.05.